The second-order valence-corrected chi connectivity index (χ2v) is 5.21. The Morgan fingerprint density at radius 2 is 1.78 bits per heavy atom. The number of hydrogen-bond donors (Lipinski definition) is 0. The van der Waals surface area contributed by atoms with E-state index in [0.717, 1.165) is 25.7 Å². The zero-order valence-corrected chi connectivity index (χ0v) is 11.6. The molecule has 1 saturated carbocycles. The molecule has 4 heteroatoms. The van der Waals surface area contributed by atoms with Crippen molar-refractivity contribution in [1.82, 2.24) is 0 Å². The summed E-state index contributed by atoms with van der Waals surface area (Å²) in [6.07, 6.45) is 3.86. The van der Waals surface area contributed by atoms with E-state index in [1.54, 1.807) is 0 Å². The summed E-state index contributed by atoms with van der Waals surface area (Å²) in [5.74, 6) is -0.591. The fraction of sp³-hybridized carbons (Fsp3) is 0.857. The molecular formula is C14H24O4. The van der Waals surface area contributed by atoms with Crippen LogP contribution in [0.25, 0.3) is 0 Å². The first-order valence-corrected chi connectivity index (χ1v) is 6.91. The van der Waals surface area contributed by atoms with Crippen molar-refractivity contribution >= 4 is 11.9 Å². The SMILES string of the molecule is CCCOC(=O)C1CCCC(C(=O)OC(C)C)C1. The Bertz CT molecular complexity index is 286. The molecule has 0 heterocycles. The van der Waals surface area contributed by atoms with E-state index in [1.165, 1.54) is 0 Å². The normalized spacial score (nSPS) is 23.8. The van der Waals surface area contributed by atoms with Crippen LogP contribution >= 0.6 is 0 Å². The van der Waals surface area contributed by atoms with E-state index in [9.17, 15) is 9.59 Å². The number of esters is 2. The van der Waals surface area contributed by atoms with Gasteiger partial charge in [0, 0.05) is 0 Å². The van der Waals surface area contributed by atoms with Gasteiger partial charge in [-0.25, -0.2) is 0 Å². The molecular weight excluding hydrogens is 232 g/mol. The standard InChI is InChI=1S/C14H24O4/c1-4-8-17-13(15)11-6-5-7-12(9-11)14(16)18-10(2)3/h10-12H,4-9H2,1-3H3. The Labute approximate surface area is 109 Å². The number of carbonyl (C=O) groups excluding carboxylic acids is 2. The van der Waals surface area contributed by atoms with Crippen LogP contribution in [0.15, 0.2) is 0 Å². The number of hydrogen-bond acceptors (Lipinski definition) is 4. The van der Waals surface area contributed by atoms with Gasteiger partial charge in [0.2, 0.25) is 0 Å². The first-order valence-electron chi connectivity index (χ1n) is 6.91. The highest BCUT2D eigenvalue weighted by atomic mass is 16.5. The predicted molar refractivity (Wildman–Crippen MR) is 67.9 cm³/mol. The van der Waals surface area contributed by atoms with Crippen LogP contribution in [-0.4, -0.2) is 24.6 Å². The van der Waals surface area contributed by atoms with Gasteiger partial charge in [-0.2, -0.15) is 0 Å². The predicted octanol–water partition coefficient (Wildman–Crippen LogP) is 2.70. The lowest BCUT2D eigenvalue weighted by molar-refractivity contribution is -0.157. The van der Waals surface area contributed by atoms with E-state index in [4.69, 9.17) is 9.47 Å². The van der Waals surface area contributed by atoms with Crippen LogP contribution in [0.1, 0.15) is 52.9 Å². The lowest BCUT2D eigenvalue weighted by Crippen LogP contribution is -2.30. The summed E-state index contributed by atoms with van der Waals surface area (Å²) in [5, 5.41) is 0. The molecule has 0 aromatic heterocycles. The van der Waals surface area contributed by atoms with Gasteiger partial charge in [0.1, 0.15) is 0 Å². The van der Waals surface area contributed by atoms with Gasteiger partial charge in [-0.3, -0.25) is 9.59 Å². The minimum absolute atomic E-state index is 0.0927. The van der Waals surface area contributed by atoms with Crippen LogP contribution in [-0.2, 0) is 19.1 Å². The molecule has 0 saturated heterocycles. The van der Waals surface area contributed by atoms with Crippen molar-refractivity contribution in [1.29, 1.82) is 0 Å². The third-order valence-electron chi connectivity index (χ3n) is 3.14. The molecule has 18 heavy (non-hydrogen) atoms. The van der Waals surface area contributed by atoms with Gasteiger partial charge in [0.05, 0.1) is 24.5 Å². The maximum Gasteiger partial charge on any atom is 0.309 e. The molecule has 0 aliphatic heterocycles. The van der Waals surface area contributed by atoms with Crippen LogP contribution < -0.4 is 0 Å². The van der Waals surface area contributed by atoms with Crippen molar-refractivity contribution in [3.63, 3.8) is 0 Å². The van der Waals surface area contributed by atoms with Gasteiger partial charge < -0.3 is 9.47 Å². The van der Waals surface area contributed by atoms with Crippen molar-refractivity contribution in [3.8, 4) is 0 Å². The minimum Gasteiger partial charge on any atom is -0.465 e. The summed E-state index contributed by atoms with van der Waals surface area (Å²) >= 11 is 0. The molecule has 0 N–H and O–H groups in total. The molecule has 1 fully saturated rings. The van der Waals surface area contributed by atoms with Crippen molar-refractivity contribution < 1.29 is 19.1 Å². The molecule has 1 rings (SSSR count). The quantitative estimate of drug-likeness (QED) is 0.710. The molecule has 1 aliphatic carbocycles. The van der Waals surface area contributed by atoms with Gasteiger partial charge in [0.25, 0.3) is 0 Å². The Kier molecular flexibility index (Phi) is 6.16. The third kappa shape index (κ3) is 4.67. The van der Waals surface area contributed by atoms with Crippen LogP contribution in [0, 0.1) is 11.8 Å². The summed E-state index contributed by atoms with van der Waals surface area (Å²) in [6.45, 7) is 6.12. The molecule has 0 amide bonds. The fourth-order valence-corrected chi connectivity index (χ4v) is 2.27. The van der Waals surface area contributed by atoms with Crippen LogP contribution in [0.4, 0.5) is 0 Å². The van der Waals surface area contributed by atoms with E-state index in [-0.39, 0.29) is 29.9 Å². The average molecular weight is 256 g/mol. The fourth-order valence-electron chi connectivity index (χ4n) is 2.27. The molecule has 0 bridgehead atoms. The van der Waals surface area contributed by atoms with Crippen LogP contribution in [0.3, 0.4) is 0 Å². The Morgan fingerprint density at radius 1 is 1.17 bits per heavy atom. The monoisotopic (exact) mass is 256 g/mol. The summed E-state index contributed by atoms with van der Waals surface area (Å²) in [7, 11) is 0. The Morgan fingerprint density at radius 3 is 2.33 bits per heavy atom. The van der Waals surface area contributed by atoms with Crippen molar-refractivity contribution in [2.24, 2.45) is 11.8 Å². The second-order valence-electron chi connectivity index (χ2n) is 5.21. The van der Waals surface area contributed by atoms with Gasteiger partial charge in [-0.15, -0.1) is 0 Å². The Hall–Kier alpha value is -1.06. The molecule has 1 aliphatic rings. The lowest BCUT2D eigenvalue weighted by atomic mass is 9.81. The smallest absolute Gasteiger partial charge is 0.309 e. The van der Waals surface area contributed by atoms with Gasteiger partial charge in [-0.1, -0.05) is 13.3 Å². The van der Waals surface area contributed by atoms with E-state index in [2.05, 4.69) is 0 Å². The zero-order valence-electron chi connectivity index (χ0n) is 11.6. The summed E-state index contributed by atoms with van der Waals surface area (Å²) < 4.78 is 10.4. The second kappa shape index (κ2) is 7.39. The Balaban J connectivity index is 2.45. The number of carbonyl (C=O) groups is 2. The molecule has 0 aromatic carbocycles. The molecule has 104 valence electrons. The summed E-state index contributed by atoms with van der Waals surface area (Å²) in [6, 6.07) is 0. The van der Waals surface area contributed by atoms with Crippen molar-refractivity contribution in [2.75, 3.05) is 6.61 Å². The van der Waals surface area contributed by atoms with E-state index >= 15 is 0 Å². The molecule has 0 aromatic rings. The molecule has 4 nitrogen and oxygen atoms in total. The lowest BCUT2D eigenvalue weighted by Gasteiger charge is -2.27. The van der Waals surface area contributed by atoms with Crippen molar-refractivity contribution in [3.05, 3.63) is 0 Å². The molecule has 2 atom stereocenters. The molecule has 0 radical (unpaired) electrons. The molecule has 0 spiro atoms. The third-order valence-corrected chi connectivity index (χ3v) is 3.14. The largest absolute Gasteiger partial charge is 0.465 e. The zero-order chi connectivity index (χ0) is 13.5. The maximum absolute atomic E-state index is 11.8. The van der Waals surface area contributed by atoms with E-state index in [0.29, 0.717) is 13.0 Å². The number of ether oxygens (including phenoxy) is 2. The highest BCUT2D eigenvalue weighted by Crippen LogP contribution is 2.31. The van der Waals surface area contributed by atoms with Crippen LogP contribution in [0.5, 0.6) is 0 Å². The van der Waals surface area contributed by atoms with Gasteiger partial charge in [0.15, 0.2) is 0 Å². The maximum atomic E-state index is 11.8. The highest BCUT2D eigenvalue weighted by molar-refractivity contribution is 5.76. The average Bonchev–Trinajstić information content (AvgIpc) is 2.35. The topological polar surface area (TPSA) is 52.6 Å². The van der Waals surface area contributed by atoms with E-state index in [1.807, 2.05) is 20.8 Å². The first-order chi connectivity index (χ1) is 8.54. The summed E-state index contributed by atoms with van der Waals surface area (Å²) in [5.41, 5.74) is 0. The first kappa shape index (κ1) is 15.0. The van der Waals surface area contributed by atoms with Gasteiger partial charge in [-0.05, 0) is 39.5 Å². The number of rotatable bonds is 5. The minimum atomic E-state index is -0.169. The molecule has 2 unspecified atom stereocenters. The van der Waals surface area contributed by atoms with E-state index < -0.39 is 0 Å². The highest BCUT2D eigenvalue weighted by Gasteiger charge is 2.33. The van der Waals surface area contributed by atoms with Crippen LogP contribution in [0.2, 0.25) is 0 Å². The van der Waals surface area contributed by atoms with Crippen molar-refractivity contribution in [2.45, 2.75) is 59.0 Å². The van der Waals surface area contributed by atoms with Gasteiger partial charge >= 0.3 is 11.9 Å². The summed E-state index contributed by atoms with van der Waals surface area (Å²) in [4.78, 5) is 23.6.